The number of benzene rings is 1. The smallest absolute Gasteiger partial charge is 0.117 e. The van der Waals surface area contributed by atoms with Crippen molar-refractivity contribution in [3.63, 3.8) is 0 Å². The number of hydrogen-bond acceptors (Lipinski definition) is 2. The molecule has 1 aromatic heterocycles. The van der Waals surface area contributed by atoms with Gasteiger partial charge in [0.2, 0.25) is 0 Å². The summed E-state index contributed by atoms with van der Waals surface area (Å²) in [6.45, 7) is 4.42. The first-order chi connectivity index (χ1) is 11.3. The third-order valence-corrected chi connectivity index (χ3v) is 6.20. The summed E-state index contributed by atoms with van der Waals surface area (Å²) in [4.78, 5) is 6.24. The Bertz CT molecular complexity index is 869. The Morgan fingerprint density at radius 2 is 2.26 bits per heavy atom. The number of para-hydroxylation sites is 1. The number of nitrogens with one attached hydrogen (secondary N) is 1. The first-order valence-corrected chi connectivity index (χ1v) is 8.73. The molecule has 4 bridgehead atoms. The molecule has 23 heavy (non-hydrogen) atoms. The Hall–Kier alpha value is -2.05. The molecule has 0 radical (unpaired) electrons. The van der Waals surface area contributed by atoms with Gasteiger partial charge in [-0.1, -0.05) is 36.8 Å². The molecule has 4 atom stereocenters. The summed E-state index contributed by atoms with van der Waals surface area (Å²) < 4.78 is 0. The van der Waals surface area contributed by atoms with Crippen molar-refractivity contribution in [2.75, 3.05) is 13.1 Å². The number of aromatic nitrogens is 1. The van der Waals surface area contributed by atoms with E-state index in [1.165, 1.54) is 27.7 Å². The van der Waals surface area contributed by atoms with E-state index in [9.17, 15) is 5.26 Å². The van der Waals surface area contributed by atoms with E-state index in [1.807, 2.05) is 0 Å². The molecule has 116 valence electrons. The fourth-order valence-electron chi connectivity index (χ4n) is 5.39. The number of aromatic amines is 1. The average Bonchev–Trinajstić information content (AvgIpc) is 2.94. The predicted octanol–water partition coefficient (Wildman–Crippen LogP) is 3.53. The minimum atomic E-state index is -0.395. The number of piperidine rings is 1. The molecule has 4 unspecified atom stereocenters. The van der Waals surface area contributed by atoms with Crippen molar-refractivity contribution in [1.29, 1.82) is 5.26 Å². The molecular weight excluding hydrogens is 282 g/mol. The number of nitrogens with zero attached hydrogens (tertiary/aromatic N) is 2. The molecule has 4 aliphatic rings. The fourth-order valence-corrected chi connectivity index (χ4v) is 5.39. The van der Waals surface area contributed by atoms with Crippen molar-refractivity contribution in [2.45, 2.75) is 37.6 Å². The van der Waals surface area contributed by atoms with E-state index in [4.69, 9.17) is 0 Å². The van der Waals surface area contributed by atoms with Gasteiger partial charge < -0.3 is 4.98 Å². The summed E-state index contributed by atoms with van der Waals surface area (Å²) in [6.07, 6.45) is 5.53. The van der Waals surface area contributed by atoms with Crippen LogP contribution in [-0.2, 0) is 11.8 Å². The molecule has 2 aromatic rings. The number of hydrogen-bond donors (Lipinski definition) is 1. The molecule has 0 saturated carbocycles. The van der Waals surface area contributed by atoms with Crippen molar-refractivity contribution in [3.8, 4) is 6.07 Å². The molecule has 1 N–H and O–H groups in total. The van der Waals surface area contributed by atoms with Gasteiger partial charge >= 0.3 is 0 Å². The van der Waals surface area contributed by atoms with Crippen LogP contribution < -0.4 is 0 Å². The topological polar surface area (TPSA) is 42.8 Å². The van der Waals surface area contributed by atoms with E-state index in [-0.39, 0.29) is 6.04 Å². The molecule has 1 aromatic carbocycles. The fraction of sp³-hybridized carbons (Fsp3) is 0.450. The summed E-state index contributed by atoms with van der Waals surface area (Å²) in [7, 11) is 0. The maximum absolute atomic E-state index is 10.3. The summed E-state index contributed by atoms with van der Waals surface area (Å²) in [5.74, 6) is 0.520. The third kappa shape index (κ3) is 1.57. The summed E-state index contributed by atoms with van der Waals surface area (Å²) in [5, 5.41) is 11.6. The van der Waals surface area contributed by atoms with Crippen LogP contribution in [-0.4, -0.2) is 29.0 Å². The van der Waals surface area contributed by atoms with E-state index in [0.717, 1.165) is 32.4 Å². The van der Waals surface area contributed by atoms with Crippen LogP contribution in [0, 0.1) is 17.2 Å². The Kier molecular flexibility index (Phi) is 2.61. The van der Waals surface area contributed by atoms with Gasteiger partial charge in [-0.3, -0.25) is 4.90 Å². The first kappa shape index (κ1) is 13.4. The second-order valence-corrected chi connectivity index (χ2v) is 7.31. The second kappa shape index (κ2) is 4.49. The lowest BCUT2D eigenvalue weighted by molar-refractivity contribution is 0.0801. The predicted molar refractivity (Wildman–Crippen MR) is 91.1 cm³/mol. The monoisotopic (exact) mass is 303 g/mol. The van der Waals surface area contributed by atoms with Gasteiger partial charge in [-0.15, -0.1) is 0 Å². The number of nitriles is 1. The van der Waals surface area contributed by atoms with Crippen molar-refractivity contribution < 1.29 is 0 Å². The van der Waals surface area contributed by atoms with Crippen LogP contribution in [0.4, 0.5) is 0 Å². The zero-order valence-electron chi connectivity index (χ0n) is 13.5. The van der Waals surface area contributed by atoms with Crippen LogP contribution >= 0.6 is 0 Å². The van der Waals surface area contributed by atoms with Crippen LogP contribution in [0.25, 0.3) is 10.9 Å². The lowest BCUT2D eigenvalue weighted by Crippen LogP contribution is -2.59. The maximum atomic E-state index is 10.3. The highest BCUT2D eigenvalue weighted by Crippen LogP contribution is 2.52. The molecule has 3 heteroatoms. The standard InChI is InChI=1S/C20H21N3/c1-2-14-9-13-10-20(12-21)18-16(7-8-23(11-13)19(14)20)15-5-3-4-6-17(15)22-18/h3-6,9,13,19,22H,2,7-8,10-11H2,1H3. The van der Waals surface area contributed by atoms with Gasteiger partial charge in [0.05, 0.1) is 12.1 Å². The van der Waals surface area contributed by atoms with Gasteiger partial charge in [0.25, 0.3) is 0 Å². The Morgan fingerprint density at radius 1 is 1.39 bits per heavy atom. The van der Waals surface area contributed by atoms with Gasteiger partial charge in [-0.05, 0) is 36.8 Å². The maximum Gasteiger partial charge on any atom is 0.117 e. The van der Waals surface area contributed by atoms with Gasteiger partial charge in [-0.25, -0.2) is 0 Å². The number of H-pyrrole nitrogens is 1. The van der Waals surface area contributed by atoms with Gasteiger partial charge in [0, 0.05) is 29.7 Å². The molecule has 6 rings (SSSR count). The first-order valence-electron chi connectivity index (χ1n) is 8.73. The Balaban J connectivity index is 1.82. The van der Waals surface area contributed by atoms with Crippen molar-refractivity contribution in [1.82, 2.24) is 9.88 Å². The van der Waals surface area contributed by atoms with E-state index >= 15 is 0 Å². The minimum absolute atomic E-state index is 0.261. The van der Waals surface area contributed by atoms with Crippen LogP contribution in [0.2, 0.25) is 0 Å². The van der Waals surface area contributed by atoms with E-state index in [1.54, 1.807) is 0 Å². The van der Waals surface area contributed by atoms with Crippen LogP contribution in [0.15, 0.2) is 35.9 Å². The molecule has 0 amide bonds. The van der Waals surface area contributed by atoms with Crippen molar-refractivity contribution >= 4 is 10.9 Å². The molecule has 1 saturated heterocycles. The van der Waals surface area contributed by atoms with Crippen LogP contribution in [0.3, 0.4) is 0 Å². The summed E-state index contributed by atoms with van der Waals surface area (Å²) in [5.41, 5.74) is 4.85. The van der Waals surface area contributed by atoms with Gasteiger partial charge in [0.1, 0.15) is 5.41 Å². The van der Waals surface area contributed by atoms with E-state index in [0.29, 0.717) is 5.92 Å². The molecule has 3 aliphatic heterocycles. The molecule has 1 aliphatic carbocycles. The molecular formula is C20H21N3. The van der Waals surface area contributed by atoms with Crippen molar-refractivity contribution in [3.05, 3.63) is 47.2 Å². The second-order valence-electron chi connectivity index (χ2n) is 7.31. The zero-order valence-corrected chi connectivity index (χ0v) is 13.5. The molecule has 3 nitrogen and oxygen atoms in total. The molecule has 4 heterocycles. The van der Waals surface area contributed by atoms with Gasteiger partial charge in [0.15, 0.2) is 0 Å². The van der Waals surface area contributed by atoms with E-state index in [2.05, 4.69) is 53.2 Å². The summed E-state index contributed by atoms with van der Waals surface area (Å²) in [6, 6.07) is 11.6. The van der Waals surface area contributed by atoms with Crippen molar-refractivity contribution in [2.24, 2.45) is 5.92 Å². The van der Waals surface area contributed by atoms with Crippen LogP contribution in [0.5, 0.6) is 0 Å². The normalized spacial score (nSPS) is 34.6. The quantitative estimate of drug-likeness (QED) is 0.819. The lowest BCUT2D eigenvalue weighted by atomic mass is 9.61. The Morgan fingerprint density at radius 3 is 3.09 bits per heavy atom. The zero-order chi connectivity index (χ0) is 15.6. The number of fused-ring (bicyclic) bond motifs is 3. The highest BCUT2D eigenvalue weighted by atomic mass is 15.2. The third-order valence-electron chi connectivity index (χ3n) is 6.20. The largest absolute Gasteiger partial charge is 0.357 e. The molecule has 0 spiro atoms. The average molecular weight is 303 g/mol. The SMILES string of the molecule is CCC1=CC2CN3CCc4c([nH]c5ccccc45)C(C#N)(C2)C13. The van der Waals surface area contributed by atoms with Gasteiger partial charge in [-0.2, -0.15) is 5.26 Å². The van der Waals surface area contributed by atoms with E-state index < -0.39 is 5.41 Å². The Labute approximate surface area is 136 Å². The lowest BCUT2D eigenvalue weighted by Gasteiger charge is -2.52. The minimum Gasteiger partial charge on any atom is -0.357 e. The van der Waals surface area contributed by atoms with Crippen LogP contribution in [0.1, 0.15) is 31.0 Å². The highest BCUT2D eigenvalue weighted by molar-refractivity contribution is 5.85. The molecule has 1 fully saturated rings. The summed E-state index contributed by atoms with van der Waals surface area (Å²) >= 11 is 0. The number of rotatable bonds is 1. The highest BCUT2D eigenvalue weighted by Gasteiger charge is 2.55.